The lowest BCUT2D eigenvalue weighted by atomic mass is 10.1. The molecule has 0 fully saturated rings. The summed E-state index contributed by atoms with van der Waals surface area (Å²) in [5, 5.41) is 22.5. The van der Waals surface area contributed by atoms with Crippen LogP contribution in [0.2, 0.25) is 0 Å². The first-order chi connectivity index (χ1) is 8.52. The molecular weight excluding hydrogens is 236 g/mol. The second kappa shape index (κ2) is 6.73. The van der Waals surface area contributed by atoms with E-state index in [2.05, 4.69) is 10.6 Å². The Hall–Kier alpha value is -1.92. The number of hydrogen-bond acceptors (Lipinski definition) is 4. The number of nitrogens with one attached hydrogen (secondary N) is 2. The summed E-state index contributed by atoms with van der Waals surface area (Å²) in [5.74, 6) is -0.0882. The van der Waals surface area contributed by atoms with E-state index < -0.39 is 18.7 Å². The standard InChI is InChI=1S/C12H16N2O4/c1-8(16)9-3-2-4-10(5-9)14-12(18)13-6-11(17)7-15/h2-5,11,15,17H,6-7H2,1H3,(H2,13,14,18). The van der Waals surface area contributed by atoms with Gasteiger partial charge in [0.05, 0.1) is 12.7 Å². The Balaban J connectivity index is 2.54. The van der Waals surface area contributed by atoms with Crippen LogP contribution in [-0.2, 0) is 0 Å². The Morgan fingerprint density at radius 3 is 2.72 bits per heavy atom. The van der Waals surface area contributed by atoms with Gasteiger partial charge in [0.25, 0.3) is 0 Å². The topological polar surface area (TPSA) is 98.7 Å². The predicted octanol–water partition coefficient (Wildman–Crippen LogP) is 0.364. The molecule has 6 heteroatoms. The molecule has 0 spiro atoms. The molecule has 4 N–H and O–H groups in total. The molecule has 98 valence electrons. The van der Waals surface area contributed by atoms with Crippen LogP contribution < -0.4 is 10.6 Å². The van der Waals surface area contributed by atoms with Crippen molar-refractivity contribution in [2.24, 2.45) is 0 Å². The monoisotopic (exact) mass is 252 g/mol. The summed E-state index contributed by atoms with van der Waals surface area (Å²) in [7, 11) is 0. The van der Waals surface area contributed by atoms with Gasteiger partial charge in [-0.15, -0.1) is 0 Å². The van der Waals surface area contributed by atoms with Crippen molar-refractivity contribution >= 4 is 17.5 Å². The van der Waals surface area contributed by atoms with E-state index in [1.165, 1.54) is 6.92 Å². The van der Waals surface area contributed by atoms with Crippen LogP contribution in [-0.4, -0.2) is 41.3 Å². The summed E-state index contributed by atoms with van der Waals surface area (Å²) in [5.41, 5.74) is 0.988. The Morgan fingerprint density at radius 1 is 1.39 bits per heavy atom. The Labute approximate surface area is 105 Å². The molecule has 0 aliphatic rings. The zero-order valence-corrected chi connectivity index (χ0v) is 10.0. The average molecular weight is 252 g/mol. The van der Waals surface area contributed by atoms with Gasteiger partial charge >= 0.3 is 6.03 Å². The number of Topliss-reactive ketones (excluding diaryl/α,β-unsaturated/α-hetero) is 1. The predicted molar refractivity (Wildman–Crippen MR) is 66.6 cm³/mol. The van der Waals surface area contributed by atoms with E-state index in [9.17, 15) is 9.59 Å². The molecule has 0 radical (unpaired) electrons. The zero-order valence-electron chi connectivity index (χ0n) is 10.0. The first kappa shape index (κ1) is 14.1. The smallest absolute Gasteiger partial charge is 0.319 e. The number of ketones is 1. The van der Waals surface area contributed by atoms with E-state index in [-0.39, 0.29) is 12.3 Å². The van der Waals surface area contributed by atoms with Crippen LogP contribution in [0.5, 0.6) is 0 Å². The van der Waals surface area contributed by atoms with E-state index in [0.29, 0.717) is 11.3 Å². The van der Waals surface area contributed by atoms with Crippen molar-refractivity contribution in [3.63, 3.8) is 0 Å². The minimum absolute atomic E-state index is 0.0469. The van der Waals surface area contributed by atoms with Crippen molar-refractivity contribution < 1.29 is 19.8 Å². The third-order valence-electron chi connectivity index (χ3n) is 2.24. The number of rotatable bonds is 5. The first-order valence-electron chi connectivity index (χ1n) is 5.47. The normalized spacial score (nSPS) is 11.7. The van der Waals surface area contributed by atoms with Gasteiger partial charge in [-0.3, -0.25) is 4.79 Å². The summed E-state index contributed by atoms with van der Waals surface area (Å²) in [6, 6.07) is 6.01. The van der Waals surface area contributed by atoms with Crippen molar-refractivity contribution in [2.45, 2.75) is 13.0 Å². The van der Waals surface area contributed by atoms with Crippen LogP contribution in [0.3, 0.4) is 0 Å². The molecule has 2 amide bonds. The van der Waals surface area contributed by atoms with Gasteiger partial charge < -0.3 is 20.8 Å². The largest absolute Gasteiger partial charge is 0.394 e. The molecule has 1 rings (SSSR count). The number of benzene rings is 1. The van der Waals surface area contributed by atoms with Gasteiger partial charge in [-0.1, -0.05) is 12.1 Å². The van der Waals surface area contributed by atoms with E-state index in [0.717, 1.165) is 0 Å². The average Bonchev–Trinajstić information content (AvgIpc) is 2.36. The van der Waals surface area contributed by atoms with Crippen LogP contribution >= 0.6 is 0 Å². The van der Waals surface area contributed by atoms with E-state index in [4.69, 9.17) is 10.2 Å². The summed E-state index contributed by atoms with van der Waals surface area (Å²) < 4.78 is 0. The molecule has 6 nitrogen and oxygen atoms in total. The highest BCUT2D eigenvalue weighted by atomic mass is 16.3. The highest BCUT2D eigenvalue weighted by Crippen LogP contribution is 2.10. The van der Waals surface area contributed by atoms with Crippen molar-refractivity contribution in [1.82, 2.24) is 5.32 Å². The molecule has 1 aromatic rings. The van der Waals surface area contributed by atoms with Crippen LogP contribution in [0.15, 0.2) is 24.3 Å². The Bertz CT molecular complexity index is 434. The number of aliphatic hydroxyl groups is 2. The number of urea groups is 1. The fourth-order valence-corrected chi connectivity index (χ4v) is 1.27. The van der Waals surface area contributed by atoms with Crippen LogP contribution in [0.1, 0.15) is 17.3 Å². The van der Waals surface area contributed by atoms with E-state index in [1.807, 2.05) is 0 Å². The maximum Gasteiger partial charge on any atom is 0.319 e. The molecule has 0 aromatic heterocycles. The Morgan fingerprint density at radius 2 is 2.11 bits per heavy atom. The lowest BCUT2D eigenvalue weighted by molar-refractivity contribution is 0.0965. The summed E-state index contributed by atoms with van der Waals surface area (Å²) in [4.78, 5) is 22.6. The molecule has 0 saturated heterocycles. The molecule has 0 bridgehead atoms. The van der Waals surface area contributed by atoms with Gasteiger partial charge in [0.2, 0.25) is 0 Å². The highest BCUT2D eigenvalue weighted by molar-refractivity contribution is 5.96. The summed E-state index contributed by atoms with van der Waals surface area (Å²) in [6.07, 6.45) is -0.987. The lowest BCUT2D eigenvalue weighted by Gasteiger charge is -2.10. The first-order valence-corrected chi connectivity index (χ1v) is 5.47. The molecule has 18 heavy (non-hydrogen) atoms. The minimum atomic E-state index is -0.987. The summed E-state index contributed by atoms with van der Waals surface area (Å²) in [6.45, 7) is 0.978. The van der Waals surface area contributed by atoms with Gasteiger partial charge in [-0.05, 0) is 19.1 Å². The number of amides is 2. The SMILES string of the molecule is CC(=O)c1cccc(NC(=O)NCC(O)CO)c1. The van der Waals surface area contributed by atoms with Crippen LogP contribution in [0.4, 0.5) is 10.5 Å². The number of carbonyl (C=O) groups is 2. The maximum atomic E-state index is 11.4. The van der Waals surface area contributed by atoms with Crippen molar-refractivity contribution in [3.05, 3.63) is 29.8 Å². The molecule has 0 saturated carbocycles. The van der Waals surface area contributed by atoms with Gasteiger partial charge in [0.1, 0.15) is 0 Å². The van der Waals surface area contributed by atoms with Crippen LogP contribution in [0, 0.1) is 0 Å². The quantitative estimate of drug-likeness (QED) is 0.569. The van der Waals surface area contributed by atoms with Gasteiger partial charge in [0.15, 0.2) is 5.78 Å². The highest BCUT2D eigenvalue weighted by Gasteiger charge is 2.06. The molecule has 0 aliphatic heterocycles. The van der Waals surface area contributed by atoms with Crippen molar-refractivity contribution in [3.8, 4) is 0 Å². The van der Waals surface area contributed by atoms with E-state index in [1.54, 1.807) is 24.3 Å². The second-order valence-corrected chi connectivity index (χ2v) is 3.81. The van der Waals surface area contributed by atoms with Gasteiger partial charge in [-0.25, -0.2) is 4.79 Å². The maximum absolute atomic E-state index is 11.4. The zero-order chi connectivity index (χ0) is 13.5. The lowest BCUT2D eigenvalue weighted by Crippen LogP contribution is -2.36. The third-order valence-corrected chi connectivity index (χ3v) is 2.24. The molecule has 1 unspecified atom stereocenters. The fraction of sp³-hybridized carbons (Fsp3) is 0.333. The third kappa shape index (κ3) is 4.52. The van der Waals surface area contributed by atoms with Crippen molar-refractivity contribution in [1.29, 1.82) is 0 Å². The minimum Gasteiger partial charge on any atom is -0.394 e. The Kier molecular flexibility index (Phi) is 5.29. The van der Waals surface area contributed by atoms with Gasteiger partial charge in [0, 0.05) is 17.8 Å². The summed E-state index contributed by atoms with van der Waals surface area (Å²) >= 11 is 0. The van der Waals surface area contributed by atoms with Crippen molar-refractivity contribution in [2.75, 3.05) is 18.5 Å². The molecule has 0 heterocycles. The molecule has 1 aromatic carbocycles. The second-order valence-electron chi connectivity index (χ2n) is 3.81. The van der Waals surface area contributed by atoms with Gasteiger partial charge in [-0.2, -0.15) is 0 Å². The number of aliphatic hydroxyl groups excluding tert-OH is 2. The number of hydrogen-bond donors (Lipinski definition) is 4. The van der Waals surface area contributed by atoms with E-state index >= 15 is 0 Å². The molecule has 0 aliphatic carbocycles. The number of anilines is 1. The molecule has 1 atom stereocenters. The molecular formula is C12H16N2O4. The fourth-order valence-electron chi connectivity index (χ4n) is 1.27. The number of carbonyl (C=O) groups excluding carboxylic acids is 2. The van der Waals surface area contributed by atoms with Crippen LogP contribution in [0.25, 0.3) is 0 Å².